The van der Waals surface area contributed by atoms with Crippen LogP contribution in [0, 0.1) is 20.8 Å². The van der Waals surface area contributed by atoms with Gasteiger partial charge in [-0.3, -0.25) is 9.59 Å². The Kier molecular flexibility index (Phi) is 5.58. The van der Waals surface area contributed by atoms with Gasteiger partial charge in [0.05, 0.1) is 0 Å². The molecule has 0 radical (unpaired) electrons. The fourth-order valence-electron chi connectivity index (χ4n) is 2.36. The SMILES string of the molecule is CC(=O)Nc1cccc(NC(=O)COc2c(C)ccc(C)c2C)c1. The Bertz CT molecular complexity index is 769. The molecule has 0 unspecified atom stereocenters. The molecule has 0 saturated carbocycles. The van der Waals surface area contributed by atoms with Gasteiger partial charge in [0.1, 0.15) is 5.75 Å². The van der Waals surface area contributed by atoms with Crippen LogP contribution in [0.3, 0.4) is 0 Å². The summed E-state index contributed by atoms with van der Waals surface area (Å²) in [6.45, 7) is 7.30. The number of nitrogens with one attached hydrogen (secondary N) is 2. The van der Waals surface area contributed by atoms with Crippen LogP contribution >= 0.6 is 0 Å². The lowest BCUT2D eigenvalue weighted by Gasteiger charge is -2.14. The number of rotatable bonds is 5. The number of aryl methyl sites for hydroxylation is 2. The molecule has 24 heavy (non-hydrogen) atoms. The summed E-state index contributed by atoms with van der Waals surface area (Å²) < 4.78 is 5.70. The summed E-state index contributed by atoms with van der Waals surface area (Å²) >= 11 is 0. The zero-order valence-corrected chi connectivity index (χ0v) is 14.4. The van der Waals surface area contributed by atoms with Crippen molar-refractivity contribution in [2.45, 2.75) is 27.7 Å². The van der Waals surface area contributed by atoms with Gasteiger partial charge in [-0.25, -0.2) is 0 Å². The minimum atomic E-state index is -0.254. The molecule has 2 amide bonds. The van der Waals surface area contributed by atoms with Crippen LogP contribution in [0.5, 0.6) is 5.75 Å². The summed E-state index contributed by atoms with van der Waals surface area (Å²) in [5, 5.41) is 5.44. The number of carbonyl (C=O) groups is 2. The molecular formula is C19H22N2O3. The van der Waals surface area contributed by atoms with Gasteiger partial charge in [-0.05, 0) is 55.7 Å². The van der Waals surface area contributed by atoms with E-state index in [-0.39, 0.29) is 18.4 Å². The van der Waals surface area contributed by atoms with Crippen molar-refractivity contribution in [3.05, 3.63) is 53.1 Å². The molecular weight excluding hydrogens is 304 g/mol. The molecule has 2 N–H and O–H groups in total. The van der Waals surface area contributed by atoms with E-state index in [1.54, 1.807) is 24.3 Å². The van der Waals surface area contributed by atoms with Crippen molar-refractivity contribution in [2.24, 2.45) is 0 Å². The van der Waals surface area contributed by atoms with Crippen LogP contribution in [0.2, 0.25) is 0 Å². The molecule has 0 aliphatic heterocycles. The molecule has 2 aromatic rings. The van der Waals surface area contributed by atoms with E-state index in [2.05, 4.69) is 10.6 Å². The van der Waals surface area contributed by atoms with Crippen LogP contribution in [0.25, 0.3) is 0 Å². The number of ether oxygens (including phenoxy) is 1. The van der Waals surface area contributed by atoms with E-state index >= 15 is 0 Å². The standard InChI is InChI=1S/C19H22N2O3/c1-12-8-9-13(2)19(14(12)3)24-11-18(23)21-17-7-5-6-16(10-17)20-15(4)22/h5-10H,11H2,1-4H3,(H,20,22)(H,21,23). The molecule has 0 saturated heterocycles. The number of hydrogen-bond donors (Lipinski definition) is 2. The first-order chi connectivity index (χ1) is 11.4. The van der Waals surface area contributed by atoms with Gasteiger partial charge in [0.25, 0.3) is 5.91 Å². The highest BCUT2D eigenvalue weighted by Gasteiger charge is 2.10. The summed E-state index contributed by atoms with van der Waals surface area (Å²) in [4.78, 5) is 23.2. The van der Waals surface area contributed by atoms with Crippen LogP contribution in [0.4, 0.5) is 11.4 Å². The summed E-state index contributed by atoms with van der Waals surface area (Å²) in [6, 6.07) is 11.0. The van der Waals surface area contributed by atoms with Gasteiger partial charge in [0.15, 0.2) is 6.61 Å². The van der Waals surface area contributed by atoms with Crippen molar-refractivity contribution in [1.29, 1.82) is 0 Å². The van der Waals surface area contributed by atoms with E-state index in [1.165, 1.54) is 6.92 Å². The molecule has 0 aromatic heterocycles. The van der Waals surface area contributed by atoms with Gasteiger partial charge in [-0.15, -0.1) is 0 Å². The maximum absolute atomic E-state index is 12.1. The molecule has 0 aliphatic carbocycles. The summed E-state index contributed by atoms with van der Waals surface area (Å²) in [6.07, 6.45) is 0. The highest BCUT2D eigenvalue weighted by Crippen LogP contribution is 2.25. The minimum Gasteiger partial charge on any atom is -0.483 e. The molecule has 2 aromatic carbocycles. The van der Waals surface area contributed by atoms with Crippen molar-refractivity contribution >= 4 is 23.2 Å². The van der Waals surface area contributed by atoms with Gasteiger partial charge in [-0.2, -0.15) is 0 Å². The van der Waals surface area contributed by atoms with Crippen molar-refractivity contribution < 1.29 is 14.3 Å². The second kappa shape index (κ2) is 7.64. The topological polar surface area (TPSA) is 67.4 Å². The maximum atomic E-state index is 12.1. The number of carbonyl (C=O) groups excluding carboxylic acids is 2. The Labute approximate surface area is 142 Å². The van der Waals surface area contributed by atoms with Crippen LogP contribution in [0.1, 0.15) is 23.6 Å². The first-order valence-corrected chi connectivity index (χ1v) is 7.74. The fraction of sp³-hybridized carbons (Fsp3) is 0.263. The van der Waals surface area contributed by atoms with E-state index in [4.69, 9.17) is 4.74 Å². The lowest BCUT2D eigenvalue weighted by atomic mass is 10.1. The molecule has 5 heteroatoms. The highest BCUT2D eigenvalue weighted by molar-refractivity contribution is 5.94. The molecule has 0 spiro atoms. The molecule has 0 fully saturated rings. The monoisotopic (exact) mass is 326 g/mol. The summed E-state index contributed by atoms with van der Waals surface area (Å²) in [7, 11) is 0. The number of hydrogen-bond acceptors (Lipinski definition) is 3. The summed E-state index contributed by atoms with van der Waals surface area (Å²) in [5.41, 5.74) is 4.40. The molecule has 5 nitrogen and oxygen atoms in total. The Balaban J connectivity index is 1.99. The van der Waals surface area contributed by atoms with Gasteiger partial charge in [0, 0.05) is 18.3 Å². The molecule has 0 atom stereocenters. The third-order valence-electron chi connectivity index (χ3n) is 3.69. The predicted octanol–water partition coefficient (Wildman–Crippen LogP) is 3.59. The van der Waals surface area contributed by atoms with Gasteiger partial charge in [-0.1, -0.05) is 18.2 Å². The maximum Gasteiger partial charge on any atom is 0.262 e. The average Bonchev–Trinajstić information content (AvgIpc) is 2.51. The quantitative estimate of drug-likeness (QED) is 0.882. The molecule has 0 aliphatic rings. The lowest BCUT2D eigenvalue weighted by molar-refractivity contribution is -0.118. The number of amides is 2. The van der Waals surface area contributed by atoms with Crippen LogP contribution < -0.4 is 15.4 Å². The zero-order chi connectivity index (χ0) is 17.7. The summed E-state index contributed by atoms with van der Waals surface area (Å²) in [5.74, 6) is 0.333. The Morgan fingerprint density at radius 3 is 2.25 bits per heavy atom. The third kappa shape index (κ3) is 4.59. The highest BCUT2D eigenvalue weighted by atomic mass is 16.5. The Hall–Kier alpha value is -2.82. The van der Waals surface area contributed by atoms with E-state index in [9.17, 15) is 9.59 Å². The number of anilines is 2. The Morgan fingerprint density at radius 2 is 1.58 bits per heavy atom. The minimum absolute atomic E-state index is 0.0739. The first kappa shape index (κ1) is 17.5. The molecule has 2 rings (SSSR count). The van der Waals surface area contributed by atoms with Crippen LogP contribution in [-0.2, 0) is 9.59 Å². The van der Waals surface area contributed by atoms with Crippen molar-refractivity contribution in [3.63, 3.8) is 0 Å². The molecule has 126 valence electrons. The average molecular weight is 326 g/mol. The van der Waals surface area contributed by atoms with E-state index < -0.39 is 0 Å². The Morgan fingerprint density at radius 1 is 0.958 bits per heavy atom. The van der Waals surface area contributed by atoms with Crippen LogP contribution in [-0.4, -0.2) is 18.4 Å². The largest absolute Gasteiger partial charge is 0.483 e. The fourth-order valence-corrected chi connectivity index (χ4v) is 2.36. The zero-order valence-electron chi connectivity index (χ0n) is 14.4. The van der Waals surface area contributed by atoms with Crippen molar-refractivity contribution in [1.82, 2.24) is 0 Å². The van der Waals surface area contributed by atoms with E-state index in [1.807, 2.05) is 32.9 Å². The van der Waals surface area contributed by atoms with Gasteiger partial charge >= 0.3 is 0 Å². The first-order valence-electron chi connectivity index (χ1n) is 7.74. The van der Waals surface area contributed by atoms with Crippen molar-refractivity contribution in [3.8, 4) is 5.75 Å². The van der Waals surface area contributed by atoms with Gasteiger partial charge in [0.2, 0.25) is 5.91 Å². The second-order valence-corrected chi connectivity index (χ2v) is 5.75. The third-order valence-corrected chi connectivity index (χ3v) is 3.69. The molecule has 0 heterocycles. The normalized spacial score (nSPS) is 10.2. The smallest absolute Gasteiger partial charge is 0.262 e. The van der Waals surface area contributed by atoms with E-state index in [0.29, 0.717) is 11.4 Å². The second-order valence-electron chi connectivity index (χ2n) is 5.75. The number of benzene rings is 2. The van der Waals surface area contributed by atoms with Crippen molar-refractivity contribution in [2.75, 3.05) is 17.2 Å². The lowest BCUT2D eigenvalue weighted by Crippen LogP contribution is -2.21. The van der Waals surface area contributed by atoms with Crippen LogP contribution in [0.15, 0.2) is 36.4 Å². The molecule has 0 bridgehead atoms. The van der Waals surface area contributed by atoms with E-state index in [0.717, 1.165) is 22.4 Å². The van der Waals surface area contributed by atoms with Gasteiger partial charge < -0.3 is 15.4 Å². The predicted molar refractivity (Wildman–Crippen MR) is 95.5 cm³/mol.